The Kier molecular flexibility index (Phi) is 5.84. The Morgan fingerprint density at radius 2 is 2.35 bits per heavy atom. The van der Waals surface area contributed by atoms with E-state index in [1.165, 1.54) is 11.3 Å². The molecule has 26 heavy (non-hydrogen) atoms. The lowest BCUT2D eigenvalue weighted by Gasteiger charge is -2.35. The summed E-state index contributed by atoms with van der Waals surface area (Å²) in [5.41, 5.74) is 0.905. The average Bonchev–Trinajstić information content (AvgIpc) is 3.24. The van der Waals surface area contributed by atoms with Crippen molar-refractivity contribution in [1.29, 1.82) is 0 Å². The molecule has 1 atom stereocenters. The normalized spacial score (nSPS) is 17.2. The fourth-order valence-electron chi connectivity index (χ4n) is 2.77. The molecule has 10 heteroatoms. The Labute approximate surface area is 154 Å². The second kappa shape index (κ2) is 8.28. The quantitative estimate of drug-likeness (QED) is 0.792. The Morgan fingerprint density at radius 3 is 3.08 bits per heavy atom. The lowest BCUT2D eigenvalue weighted by Crippen LogP contribution is -2.46. The summed E-state index contributed by atoms with van der Waals surface area (Å²) in [5, 5.41) is 7.42. The molecule has 1 N–H and O–H groups in total. The summed E-state index contributed by atoms with van der Waals surface area (Å²) in [7, 11) is 1.84. The third-order valence-electron chi connectivity index (χ3n) is 3.98. The first-order chi connectivity index (χ1) is 12.6. The van der Waals surface area contributed by atoms with Gasteiger partial charge in [0, 0.05) is 30.9 Å². The first-order valence-corrected chi connectivity index (χ1v) is 9.13. The van der Waals surface area contributed by atoms with Gasteiger partial charge >= 0.3 is 12.0 Å². The van der Waals surface area contributed by atoms with E-state index >= 15 is 0 Å². The van der Waals surface area contributed by atoms with Crippen LogP contribution in [-0.2, 0) is 27.7 Å². The summed E-state index contributed by atoms with van der Waals surface area (Å²) in [6, 6.07) is 1.41. The Balaban J connectivity index is 1.66. The Hall–Kier alpha value is -2.46. The van der Waals surface area contributed by atoms with Gasteiger partial charge in [-0.2, -0.15) is 5.10 Å². The van der Waals surface area contributed by atoms with Crippen LogP contribution in [-0.4, -0.2) is 58.0 Å². The molecule has 1 saturated heterocycles. The molecule has 0 aromatic carbocycles. The highest BCUT2D eigenvalue weighted by molar-refractivity contribution is 7.15. The monoisotopic (exact) mass is 379 g/mol. The van der Waals surface area contributed by atoms with E-state index < -0.39 is 0 Å². The van der Waals surface area contributed by atoms with E-state index in [0.717, 1.165) is 10.6 Å². The molecule has 1 aliphatic heterocycles. The first-order valence-electron chi connectivity index (χ1n) is 8.32. The minimum Gasteiger partial charge on any atom is -0.466 e. The molecule has 0 spiro atoms. The molecule has 0 unspecified atom stereocenters. The average molecular weight is 379 g/mol. The van der Waals surface area contributed by atoms with E-state index in [0.29, 0.717) is 31.5 Å². The second-order valence-corrected chi connectivity index (χ2v) is 6.82. The summed E-state index contributed by atoms with van der Waals surface area (Å²) in [5.74, 6) is -0.307. The minimum absolute atomic E-state index is 0.149. The molecular weight excluding hydrogens is 358 g/mol. The number of aryl methyl sites for hydroxylation is 1. The molecule has 140 valence electrons. The number of nitrogens with one attached hydrogen (secondary N) is 1. The molecule has 3 rings (SSSR count). The van der Waals surface area contributed by atoms with Crippen LogP contribution in [0, 0.1) is 0 Å². The van der Waals surface area contributed by atoms with Crippen molar-refractivity contribution in [1.82, 2.24) is 19.7 Å². The van der Waals surface area contributed by atoms with Crippen molar-refractivity contribution in [3.63, 3.8) is 0 Å². The Bertz CT molecular complexity index is 774. The highest BCUT2D eigenvalue weighted by Crippen LogP contribution is 2.25. The van der Waals surface area contributed by atoms with E-state index in [1.54, 1.807) is 28.9 Å². The fraction of sp³-hybridized carbons (Fsp3) is 0.500. The van der Waals surface area contributed by atoms with Crippen LogP contribution in [0.3, 0.4) is 0 Å². The lowest BCUT2D eigenvalue weighted by atomic mass is 10.1. The summed E-state index contributed by atoms with van der Waals surface area (Å²) in [6.07, 6.45) is 3.42. The summed E-state index contributed by atoms with van der Waals surface area (Å²) in [4.78, 5) is 30.9. The second-order valence-electron chi connectivity index (χ2n) is 5.71. The first kappa shape index (κ1) is 18.3. The van der Waals surface area contributed by atoms with Gasteiger partial charge in [0.2, 0.25) is 0 Å². The maximum Gasteiger partial charge on any atom is 0.324 e. The smallest absolute Gasteiger partial charge is 0.324 e. The molecule has 2 aromatic heterocycles. The third kappa shape index (κ3) is 4.20. The van der Waals surface area contributed by atoms with Gasteiger partial charge in [-0.25, -0.2) is 9.78 Å². The zero-order valence-corrected chi connectivity index (χ0v) is 15.5. The molecule has 9 nitrogen and oxygen atoms in total. The van der Waals surface area contributed by atoms with Crippen molar-refractivity contribution in [2.75, 3.05) is 31.7 Å². The number of rotatable bonds is 5. The van der Waals surface area contributed by atoms with E-state index in [4.69, 9.17) is 9.47 Å². The number of thiazole rings is 1. The van der Waals surface area contributed by atoms with Crippen molar-refractivity contribution in [2.24, 2.45) is 7.05 Å². The van der Waals surface area contributed by atoms with E-state index in [-0.39, 0.29) is 24.5 Å². The molecule has 0 aliphatic carbocycles. The SMILES string of the molecule is CCOC(=O)Cc1cnc(NC(=O)N2CCOC[C@H]2c2ccnn2C)s1. The van der Waals surface area contributed by atoms with Crippen LogP contribution < -0.4 is 5.32 Å². The number of hydrogen-bond donors (Lipinski definition) is 1. The number of urea groups is 1. The van der Waals surface area contributed by atoms with Crippen molar-refractivity contribution >= 4 is 28.5 Å². The zero-order valence-electron chi connectivity index (χ0n) is 14.7. The van der Waals surface area contributed by atoms with Crippen molar-refractivity contribution < 1.29 is 19.1 Å². The van der Waals surface area contributed by atoms with Crippen molar-refractivity contribution in [3.8, 4) is 0 Å². The molecule has 3 heterocycles. The van der Waals surface area contributed by atoms with Gasteiger partial charge in [-0.3, -0.25) is 14.8 Å². The van der Waals surface area contributed by atoms with E-state index in [1.807, 2.05) is 13.1 Å². The number of esters is 1. The van der Waals surface area contributed by atoms with Crippen molar-refractivity contribution in [3.05, 3.63) is 29.0 Å². The number of hydrogen-bond acceptors (Lipinski definition) is 7. The highest BCUT2D eigenvalue weighted by Gasteiger charge is 2.31. The molecule has 2 aromatic rings. The van der Waals surface area contributed by atoms with E-state index in [2.05, 4.69) is 15.4 Å². The van der Waals surface area contributed by atoms with Crippen LogP contribution in [0.1, 0.15) is 23.5 Å². The Morgan fingerprint density at radius 1 is 1.50 bits per heavy atom. The highest BCUT2D eigenvalue weighted by atomic mass is 32.1. The van der Waals surface area contributed by atoms with Gasteiger partial charge in [-0.1, -0.05) is 0 Å². The minimum atomic E-state index is -0.307. The molecule has 2 amide bonds. The molecule has 1 fully saturated rings. The summed E-state index contributed by atoms with van der Waals surface area (Å²) in [6.45, 7) is 3.47. The van der Waals surface area contributed by atoms with Crippen LogP contribution in [0.25, 0.3) is 0 Å². The van der Waals surface area contributed by atoms with Gasteiger partial charge in [0.1, 0.15) is 0 Å². The van der Waals surface area contributed by atoms with Crippen LogP contribution in [0.4, 0.5) is 9.93 Å². The standard InChI is InChI=1S/C16H21N5O4S/c1-3-25-14(22)8-11-9-17-15(26-11)19-16(23)21-6-7-24-10-13(21)12-4-5-18-20(12)2/h4-5,9,13H,3,6-8,10H2,1-2H3,(H,17,19,23)/t13-/m0/s1. The number of nitrogens with zero attached hydrogens (tertiary/aromatic N) is 4. The predicted octanol–water partition coefficient (Wildman–Crippen LogP) is 1.59. The van der Waals surface area contributed by atoms with Gasteiger partial charge < -0.3 is 14.4 Å². The number of carbonyl (C=O) groups excluding carboxylic acids is 2. The van der Waals surface area contributed by atoms with Crippen molar-refractivity contribution in [2.45, 2.75) is 19.4 Å². The number of morpholine rings is 1. The van der Waals surface area contributed by atoms with Gasteiger partial charge in [0.15, 0.2) is 5.13 Å². The van der Waals surface area contributed by atoms with Crippen LogP contribution >= 0.6 is 11.3 Å². The van der Waals surface area contributed by atoms with Gasteiger partial charge in [-0.05, 0) is 13.0 Å². The lowest BCUT2D eigenvalue weighted by molar-refractivity contribution is -0.142. The van der Waals surface area contributed by atoms with Crippen LogP contribution in [0.15, 0.2) is 18.5 Å². The summed E-state index contributed by atoms with van der Waals surface area (Å²) >= 11 is 1.26. The molecule has 1 aliphatic rings. The fourth-order valence-corrected chi connectivity index (χ4v) is 3.55. The molecule has 0 bridgehead atoms. The van der Waals surface area contributed by atoms with Gasteiger partial charge in [0.05, 0.1) is 38.0 Å². The largest absolute Gasteiger partial charge is 0.466 e. The molecule has 0 saturated carbocycles. The van der Waals surface area contributed by atoms with E-state index in [9.17, 15) is 9.59 Å². The topological polar surface area (TPSA) is 98.6 Å². The number of anilines is 1. The van der Waals surface area contributed by atoms with Gasteiger partial charge in [0.25, 0.3) is 0 Å². The number of carbonyl (C=O) groups is 2. The molecular formula is C16H21N5O4S. The van der Waals surface area contributed by atoms with Crippen LogP contribution in [0.2, 0.25) is 0 Å². The van der Waals surface area contributed by atoms with Crippen LogP contribution in [0.5, 0.6) is 0 Å². The maximum atomic E-state index is 12.7. The number of aromatic nitrogens is 3. The third-order valence-corrected chi connectivity index (χ3v) is 4.89. The maximum absolute atomic E-state index is 12.7. The number of ether oxygens (including phenoxy) is 2. The van der Waals surface area contributed by atoms with Gasteiger partial charge in [-0.15, -0.1) is 11.3 Å². The predicted molar refractivity (Wildman–Crippen MR) is 94.9 cm³/mol. The summed E-state index contributed by atoms with van der Waals surface area (Å²) < 4.78 is 12.2. The molecule has 0 radical (unpaired) electrons. The number of amides is 2. The zero-order chi connectivity index (χ0) is 18.5.